The van der Waals surface area contributed by atoms with Crippen molar-refractivity contribution in [3.8, 4) is 0 Å². The maximum atomic E-state index is 12.9. The quantitative estimate of drug-likeness (QED) is 0.752. The number of halogens is 3. The zero-order valence-electron chi connectivity index (χ0n) is 13.6. The highest BCUT2D eigenvalue weighted by Gasteiger charge is 2.40. The van der Waals surface area contributed by atoms with E-state index in [2.05, 4.69) is 5.32 Å². The molecule has 5 heteroatoms. The smallest absolute Gasteiger partial charge is 0.370 e. The Morgan fingerprint density at radius 2 is 1.87 bits per heavy atom. The minimum atomic E-state index is -4.07. The number of nitrogens with one attached hydrogen (secondary N) is 1. The number of hydrogen-bond donors (Lipinski definition) is 1. The van der Waals surface area contributed by atoms with Gasteiger partial charge in [0.25, 0.3) is 0 Å². The second kappa shape index (κ2) is 8.69. The zero-order valence-corrected chi connectivity index (χ0v) is 13.6. The van der Waals surface area contributed by atoms with Crippen molar-refractivity contribution in [2.24, 2.45) is 5.92 Å². The summed E-state index contributed by atoms with van der Waals surface area (Å²) in [4.78, 5) is 0. The molecule has 0 spiro atoms. The Hall–Kier alpha value is -1.07. The van der Waals surface area contributed by atoms with Gasteiger partial charge in [-0.15, -0.1) is 0 Å². The molecular weight excluding hydrogens is 303 g/mol. The Morgan fingerprint density at radius 1 is 1.13 bits per heavy atom. The summed E-state index contributed by atoms with van der Waals surface area (Å²) < 4.78 is 44.9. The molecule has 1 aliphatic carbocycles. The van der Waals surface area contributed by atoms with Crippen molar-refractivity contribution in [1.82, 2.24) is 5.32 Å². The number of benzene rings is 1. The van der Waals surface area contributed by atoms with Crippen LogP contribution in [-0.2, 0) is 4.74 Å². The summed E-state index contributed by atoms with van der Waals surface area (Å²) >= 11 is 0. The molecule has 0 bridgehead atoms. The predicted molar refractivity (Wildman–Crippen MR) is 85.2 cm³/mol. The summed E-state index contributed by atoms with van der Waals surface area (Å²) in [6, 6.07) is 9.94. The van der Waals surface area contributed by atoms with Gasteiger partial charge in [-0.05, 0) is 51.3 Å². The fourth-order valence-corrected chi connectivity index (χ4v) is 3.22. The summed E-state index contributed by atoms with van der Waals surface area (Å²) in [7, 11) is 1.89. The van der Waals surface area contributed by atoms with Crippen LogP contribution in [0.2, 0.25) is 0 Å². The lowest BCUT2D eigenvalue weighted by Crippen LogP contribution is -2.23. The monoisotopic (exact) mass is 329 g/mol. The van der Waals surface area contributed by atoms with Gasteiger partial charge in [-0.1, -0.05) is 36.8 Å². The van der Waals surface area contributed by atoms with Crippen molar-refractivity contribution in [2.45, 2.75) is 56.9 Å². The van der Waals surface area contributed by atoms with Crippen molar-refractivity contribution in [3.63, 3.8) is 0 Å². The lowest BCUT2D eigenvalue weighted by molar-refractivity contribution is -0.178. The van der Waals surface area contributed by atoms with Crippen LogP contribution < -0.4 is 5.32 Å². The molecule has 0 heterocycles. The van der Waals surface area contributed by atoms with E-state index >= 15 is 0 Å². The average molecular weight is 329 g/mol. The Bertz CT molecular complexity index is 449. The molecular formula is C18H26F3NO. The van der Waals surface area contributed by atoms with Gasteiger partial charge in [0.1, 0.15) is 0 Å². The highest BCUT2D eigenvalue weighted by Crippen LogP contribution is 2.38. The van der Waals surface area contributed by atoms with Crippen LogP contribution in [0, 0.1) is 5.92 Å². The second-order valence-electron chi connectivity index (χ2n) is 6.30. The first-order chi connectivity index (χ1) is 11.0. The first kappa shape index (κ1) is 18.3. The van der Waals surface area contributed by atoms with Gasteiger partial charge >= 0.3 is 6.18 Å². The molecule has 0 amide bonds. The fourth-order valence-electron chi connectivity index (χ4n) is 3.22. The molecule has 3 atom stereocenters. The molecule has 1 aliphatic rings. The van der Waals surface area contributed by atoms with E-state index in [0.717, 1.165) is 24.9 Å². The Labute approximate surface area is 136 Å². The van der Waals surface area contributed by atoms with Crippen LogP contribution in [0.5, 0.6) is 0 Å². The third kappa shape index (κ3) is 5.81. The Morgan fingerprint density at radius 3 is 2.52 bits per heavy atom. The van der Waals surface area contributed by atoms with Crippen LogP contribution >= 0.6 is 0 Å². The van der Waals surface area contributed by atoms with Crippen molar-refractivity contribution in [2.75, 3.05) is 13.6 Å². The molecule has 1 aromatic rings. The molecule has 2 rings (SSSR count). The van der Waals surface area contributed by atoms with Crippen molar-refractivity contribution in [3.05, 3.63) is 35.9 Å². The fraction of sp³-hybridized carbons (Fsp3) is 0.667. The lowest BCUT2D eigenvalue weighted by Gasteiger charge is -2.25. The van der Waals surface area contributed by atoms with Gasteiger partial charge in [-0.3, -0.25) is 0 Å². The lowest BCUT2D eigenvalue weighted by atomic mass is 10.00. The molecule has 2 unspecified atom stereocenters. The van der Waals surface area contributed by atoms with Crippen LogP contribution in [0.3, 0.4) is 0 Å². The van der Waals surface area contributed by atoms with Gasteiger partial charge < -0.3 is 10.1 Å². The molecule has 0 saturated heterocycles. The third-order valence-corrected chi connectivity index (χ3v) is 4.56. The van der Waals surface area contributed by atoms with E-state index in [9.17, 15) is 13.2 Å². The number of alkyl halides is 3. The van der Waals surface area contributed by atoms with E-state index in [0.29, 0.717) is 12.8 Å². The van der Waals surface area contributed by atoms with Gasteiger partial charge in [-0.2, -0.15) is 13.2 Å². The van der Waals surface area contributed by atoms with Crippen LogP contribution in [0.15, 0.2) is 30.3 Å². The minimum Gasteiger partial charge on any atom is -0.370 e. The van der Waals surface area contributed by atoms with Crippen LogP contribution in [-0.4, -0.2) is 25.9 Å². The van der Waals surface area contributed by atoms with Crippen LogP contribution in [0.25, 0.3) is 0 Å². The highest BCUT2D eigenvalue weighted by molar-refractivity contribution is 5.17. The molecule has 130 valence electrons. The number of rotatable bonds is 6. The van der Waals surface area contributed by atoms with Crippen LogP contribution in [0.4, 0.5) is 13.2 Å². The topological polar surface area (TPSA) is 21.3 Å². The maximum Gasteiger partial charge on any atom is 0.391 e. The Kier molecular flexibility index (Phi) is 6.90. The van der Waals surface area contributed by atoms with E-state index < -0.39 is 12.1 Å². The van der Waals surface area contributed by atoms with Gasteiger partial charge in [-0.25, -0.2) is 0 Å². The van der Waals surface area contributed by atoms with Gasteiger partial charge in [0.2, 0.25) is 0 Å². The molecule has 1 aromatic carbocycles. The van der Waals surface area contributed by atoms with E-state index in [1.54, 1.807) is 0 Å². The number of ether oxygens (including phenoxy) is 1. The first-order valence-electron chi connectivity index (χ1n) is 8.42. The van der Waals surface area contributed by atoms with E-state index in [-0.39, 0.29) is 25.0 Å². The molecule has 1 fully saturated rings. The maximum absolute atomic E-state index is 12.9. The van der Waals surface area contributed by atoms with E-state index in [4.69, 9.17) is 4.74 Å². The second-order valence-corrected chi connectivity index (χ2v) is 6.30. The van der Waals surface area contributed by atoms with Gasteiger partial charge in [0.05, 0.1) is 18.1 Å². The van der Waals surface area contributed by atoms with E-state index in [1.165, 1.54) is 0 Å². The normalized spacial score (nSPS) is 24.2. The number of hydrogen-bond acceptors (Lipinski definition) is 2. The highest BCUT2D eigenvalue weighted by atomic mass is 19.4. The summed E-state index contributed by atoms with van der Waals surface area (Å²) in [5, 5.41) is 3.12. The predicted octanol–water partition coefficient (Wildman–Crippen LogP) is 4.87. The zero-order chi connectivity index (χ0) is 16.7. The minimum absolute atomic E-state index is 0.0592. The summed E-state index contributed by atoms with van der Waals surface area (Å²) in [6.45, 7) is 0.817. The molecule has 2 nitrogen and oxygen atoms in total. The Balaban J connectivity index is 1.96. The van der Waals surface area contributed by atoms with E-state index in [1.807, 2.05) is 37.4 Å². The molecule has 0 aliphatic heterocycles. The molecule has 1 N–H and O–H groups in total. The van der Waals surface area contributed by atoms with Crippen LogP contribution in [0.1, 0.15) is 50.2 Å². The summed E-state index contributed by atoms with van der Waals surface area (Å²) in [5.41, 5.74) is 1.10. The standard InChI is InChI=1S/C18H26F3NO/c1-22-13-12-17(14-6-3-2-4-7-14)23-16-9-5-8-15(10-11-16)18(19,20)21/h2-4,6-7,15-17,22H,5,8-13H2,1H3/t15?,16?,17-/m1/s1. The third-order valence-electron chi connectivity index (χ3n) is 4.56. The first-order valence-corrected chi connectivity index (χ1v) is 8.42. The van der Waals surface area contributed by atoms with Crippen molar-refractivity contribution >= 4 is 0 Å². The summed E-state index contributed by atoms with van der Waals surface area (Å²) in [6.07, 6.45) is -1.18. The molecule has 0 aromatic heterocycles. The average Bonchev–Trinajstić information content (AvgIpc) is 2.77. The van der Waals surface area contributed by atoms with Crippen molar-refractivity contribution in [1.29, 1.82) is 0 Å². The molecule has 0 radical (unpaired) electrons. The summed E-state index contributed by atoms with van der Waals surface area (Å²) in [5.74, 6) is -1.16. The van der Waals surface area contributed by atoms with Gasteiger partial charge in [0.15, 0.2) is 0 Å². The van der Waals surface area contributed by atoms with Gasteiger partial charge in [0, 0.05) is 0 Å². The van der Waals surface area contributed by atoms with Crippen molar-refractivity contribution < 1.29 is 17.9 Å². The molecule has 1 saturated carbocycles. The SMILES string of the molecule is CNCC[C@@H](OC1CCCC(C(F)(F)F)CC1)c1ccccc1. The molecule has 23 heavy (non-hydrogen) atoms. The largest absolute Gasteiger partial charge is 0.391 e.